The van der Waals surface area contributed by atoms with E-state index < -0.39 is 9.05 Å². The summed E-state index contributed by atoms with van der Waals surface area (Å²) in [6.45, 7) is 11.3. The van der Waals surface area contributed by atoms with Crippen LogP contribution < -0.4 is 0 Å². The summed E-state index contributed by atoms with van der Waals surface area (Å²) in [7, 11) is -2.97. The highest BCUT2D eigenvalue weighted by Crippen LogP contribution is 2.16. The molecular weight excluding hydrogens is 332 g/mol. The topological polar surface area (TPSA) is 36.9 Å². The zero-order valence-corrected chi connectivity index (χ0v) is 18.4. The zero-order chi connectivity index (χ0) is 18.6. The van der Waals surface area contributed by atoms with Gasteiger partial charge in [0.25, 0.3) is 0 Å². The number of hydrogen-bond donors (Lipinski definition) is 0. The van der Waals surface area contributed by atoms with Crippen molar-refractivity contribution >= 4 is 9.05 Å². The Balaban J connectivity index is 4.35. The van der Waals surface area contributed by atoms with Crippen molar-refractivity contribution in [1.29, 1.82) is 0 Å². The lowest BCUT2D eigenvalue weighted by Crippen LogP contribution is -2.50. The predicted molar refractivity (Wildman–Crippen MR) is 108 cm³/mol. The predicted octanol–water partition coefficient (Wildman–Crippen LogP) is 6.25. The highest BCUT2D eigenvalue weighted by Gasteiger charge is 2.45. The number of hydrogen-bond acceptors (Lipinski definition) is 4. The van der Waals surface area contributed by atoms with Crippen LogP contribution >= 0.6 is 0 Å². The van der Waals surface area contributed by atoms with Gasteiger partial charge in [0.1, 0.15) is 0 Å². The number of unbranched alkanes of at least 4 members (excludes halogenated alkanes) is 8. The van der Waals surface area contributed by atoms with Gasteiger partial charge in [0.2, 0.25) is 0 Å². The Hall–Kier alpha value is 0.0569. The first-order chi connectivity index (χ1) is 12.2. The zero-order valence-electron chi connectivity index (χ0n) is 17.4. The van der Waals surface area contributed by atoms with E-state index in [1.165, 1.54) is 51.4 Å². The molecule has 0 atom stereocenters. The summed E-state index contributed by atoms with van der Waals surface area (Å²) in [6, 6.07) is 0. The molecule has 0 radical (unpaired) electrons. The van der Waals surface area contributed by atoms with Gasteiger partial charge in [0.15, 0.2) is 0 Å². The summed E-state index contributed by atoms with van der Waals surface area (Å²) in [4.78, 5) is 0. The van der Waals surface area contributed by atoms with Crippen molar-refractivity contribution in [2.24, 2.45) is 0 Å². The lowest BCUT2D eigenvalue weighted by Gasteiger charge is -2.28. The highest BCUT2D eigenvalue weighted by molar-refractivity contribution is 6.53. The van der Waals surface area contributed by atoms with Crippen LogP contribution in [0.15, 0.2) is 0 Å². The van der Waals surface area contributed by atoms with E-state index in [-0.39, 0.29) is 0 Å². The minimum absolute atomic E-state index is 0.640. The number of rotatable bonds is 20. The fourth-order valence-corrected chi connectivity index (χ4v) is 4.71. The third kappa shape index (κ3) is 14.9. The van der Waals surface area contributed by atoms with Gasteiger partial charge in [-0.15, -0.1) is 0 Å². The van der Waals surface area contributed by atoms with Crippen molar-refractivity contribution in [1.82, 2.24) is 0 Å². The second kappa shape index (κ2) is 18.8. The first-order valence-corrected chi connectivity index (χ1v) is 12.4. The first kappa shape index (κ1) is 25.1. The molecule has 152 valence electrons. The van der Waals surface area contributed by atoms with E-state index in [0.717, 1.165) is 25.7 Å². The summed E-state index contributed by atoms with van der Waals surface area (Å²) in [5.74, 6) is 0. The van der Waals surface area contributed by atoms with E-state index in [4.69, 9.17) is 17.7 Å². The lowest BCUT2D eigenvalue weighted by atomic mass is 10.2. The molecule has 25 heavy (non-hydrogen) atoms. The van der Waals surface area contributed by atoms with Crippen LogP contribution in [-0.4, -0.2) is 35.5 Å². The van der Waals surface area contributed by atoms with Crippen molar-refractivity contribution < 1.29 is 17.7 Å². The van der Waals surface area contributed by atoms with Crippen LogP contribution in [0.3, 0.4) is 0 Å². The van der Waals surface area contributed by atoms with E-state index in [2.05, 4.69) is 27.7 Å². The average molecular weight is 377 g/mol. The van der Waals surface area contributed by atoms with Crippen LogP contribution in [-0.2, 0) is 17.7 Å². The Morgan fingerprint density at radius 3 is 1.12 bits per heavy atom. The molecular formula is C20H44O4Si. The maximum absolute atomic E-state index is 6.11. The molecule has 0 aromatic heterocycles. The molecule has 0 aromatic rings. The Labute approximate surface area is 158 Å². The Morgan fingerprint density at radius 2 is 0.760 bits per heavy atom. The monoisotopic (exact) mass is 376 g/mol. The van der Waals surface area contributed by atoms with Crippen molar-refractivity contribution in [3.8, 4) is 0 Å². The molecule has 0 aliphatic heterocycles. The largest absolute Gasteiger partial charge is 0.679 e. The fourth-order valence-electron chi connectivity index (χ4n) is 2.51. The van der Waals surface area contributed by atoms with Gasteiger partial charge in [-0.05, 0) is 25.7 Å². The maximum atomic E-state index is 6.11. The average Bonchev–Trinajstić information content (AvgIpc) is 2.63. The molecule has 0 rings (SSSR count). The van der Waals surface area contributed by atoms with Crippen molar-refractivity contribution in [3.05, 3.63) is 0 Å². The maximum Gasteiger partial charge on any atom is 0.679 e. The lowest BCUT2D eigenvalue weighted by molar-refractivity contribution is -0.0361. The van der Waals surface area contributed by atoms with Crippen LogP contribution in [0.2, 0.25) is 0 Å². The molecule has 0 saturated carbocycles. The van der Waals surface area contributed by atoms with E-state index in [1.54, 1.807) is 0 Å². The van der Waals surface area contributed by atoms with Crippen molar-refractivity contribution in [3.63, 3.8) is 0 Å². The van der Waals surface area contributed by atoms with Gasteiger partial charge in [-0.1, -0.05) is 79.1 Å². The molecule has 0 aliphatic rings. The van der Waals surface area contributed by atoms with Crippen LogP contribution in [0.5, 0.6) is 0 Å². The molecule has 0 aromatic carbocycles. The first-order valence-electron chi connectivity index (χ1n) is 10.8. The summed E-state index contributed by atoms with van der Waals surface area (Å²) >= 11 is 0. The molecule has 0 bridgehead atoms. The molecule has 0 unspecified atom stereocenters. The van der Waals surface area contributed by atoms with Gasteiger partial charge in [-0.3, -0.25) is 0 Å². The van der Waals surface area contributed by atoms with Gasteiger partial charge < -0.3 is 17.7 Å². The second-order valence-corrected chi connectivity index (χ2v) is 8.88. The normalized spacial score (nSPS) is 12.0. The third-order valence-corrected chi connectivity index (χ3v) is 6.25. The standard InChI is InChI=1S/C20H44O4Si/c1-5-9-11-13-15-19-23-25(21-17-7-3,22-18-8-4)24-20-16-14-12-10-6-2/h5-20H2,1-4H3. The molecule has 0 amide bonds. The summed E-state index contributed by atoms with van der Waals surface area (Å²) in [6.07, 6.45) is 14.1. The summed E-state index contributed by atoms with van der Waals surface area (Å²) in [5.41, 5.74) is 0. The van der Waals surface area contributed by atoms with Crippen LogP contribution in [0.4, 0.5) is 0 Å². The van der Waals surface area contributed by atoms with E-state index >= 15 is 0 Å². The van der Waals surface area contributed by atoms with Crippen LogP contribution in [0, 0.1) is 0 Å². The van der Waals surface area contributed by atoms with Crippen molar-refractivity contribution in [2.75, 3.05) is 26.4 Å². The van der Waals surface area contributed by atoms with E-state index in [0.29, 0.717) is 26.4 Å². The van der Waals surface area contributed by atoms with Gasteiger partial charge in [-0.25, -0.2) is 0 Å². The van der Waals surface area contributed by atoms with Crippen molar-refractivity contribution in [2.45, 2.75) is 105 Å². The fraction of sp³-hybridized carbons (Fsp3) is 1.00. The molecule has 4 nitrogen and oxygen atoms in total. The smallest absolute Gasteiger partial charge is 0.351 e. The van der Waals surface area contributed by atoms with Crippen LogP contribution in [0.1, 0.15) is 105 Å². The molecule has 0 heterocycles. The quantitative estimate of drug-likeness (QED) is 0.186. The minimum Gasteiger partial charge on any atom is -0.351 e. The van der Waals surface area contributed by atoms with E-state index in [1.807, 2.05) is 0 Å². The molecule has 0 spiro atoms. The van der Waals surface area contributed by atoms with E-state index in [9.17, 15) is 0 Å². The molecule has 0 aliphatic carbocycles. The second-order valence-electron chi connectivity index (χ2n) is 6.72. The third-order valence-electron chi connectivity index (χ3n) is 4.02. The van der Waals surface area contributed by atoms with Crippen LogP contribution in [0.25, 0.3) is 0 Å². The summed E-state index contributed by atoms with van der Waals surface area (Å²) < 4.78 is 24.2. The van der Waals surface area contributed by atoms with Gasteiger partial charge in [-0.2, -0.15) is 0 Å². The minimum atomic E-state index is -2.97. The Kier molecular flexibility index (Phi) is 18.9. The molecule has 0 fully saturated rings. The molecule has 0 saturated heterocycles. The summed E-state index contributed by atoms with van der Waals surface area (Å²) in [5, 5.41) is 0. The van der Waals surface area contributed by atoms with Gasteiger partial charge >= 0.3 is 9.05 Å². The Morgan fingerprint density at radius 1 is 0.400 bits per heavy atom. The molecule has 5 heteroatoms. The van der Waals surface area contributed by atoms with Gasteiger partial charge in [0.05, 0.1) is 0 Å². The SMILES string of the molecule is CCCCCCCO[Si](OCCC)(OCCC)OCCCCCCC. The molecule has 0 N–H and O–H groups in total. The van der Waals surface area contributed by atoms with Gasteiger partial charge in [0, 0.05) is 26.4 Å². The Bertz CT molecular complexity index is 238. The highest BCUT2D eigenvalue weighted by atomic mass is 28.4.